The first-order valence-corrected chi connectivity index (χ1v) is 5.09. The standard InChI is InChI=1S/C11H21NO2/c1-6-7-10(14-9(4)5)12-11(13)8(2)3/h9-10H,2,6-7H2,1,3-5H3,(H,12,13). The van der Waals surface area contributed by atoms with Gasteiger partial charge in [0.1, 0.15) is 6.23 Å². The van der Waals surface area contributed by atoms with Gasteiger partial charge < -0.3 is 10.1 Å². The second-order valence-corrected chi connectivity index (χ2v) is 3.72. The molecule has 0 aromatic carbocycles. The molecule has 0 radical (unpaired) electrons. The van der Waals surface area contributed by atoms with Crippen LogP contribution < -0.4 is 5.32 Å². The summed E-state index contributed by atoms with van der Waals surface area (Å²) in [6.07, 6.45) is 1.74. The van der Waals surface area contributed by atoms with E-state index in [1.807, 2.05) is 13.8 Å². The fourth-order valence-electron chi connectivity index (χ4n) is 1.03. The molecule has 0 saturated heterocycles. The summed E-state index contributed by atoms with van der Waals surface area (Å²) in [6.45, 7) is 11.2. The Bertz CT molecular complexity index is 199. The number of nitrogens with one attached hydrogen (secondary N) is 1. The lowest BCUT2D eigenvalue weighted by atomic mass is 10.2. The lowest BCUT2D eigenvalue weighted by Gasteiger charge is -2.21. The molecule has 1 atom stereocenters. The SMILES string of the molecule is C=C(C)C(=O)NC(CCC)OC(C)C. The van der Waals surface area contributed by atoms with Crippen LogP contribution in [0.1, 0.15) is 40.5 Å². The van der Waals surface area contributed by atoms with E-state index in [0.717, 1.165) is 12.8 Å². The zero-order chi connectivity index (χ0) is 11.1. The molecule has 0 bridgehead atoms. The number of carbonyl (C=O) groups excluding carboxylic acids is 1. The molecule has 0 aromatic heterocycles. The molecule has 0 spiro atoms. The molecule has 0 rings (SSSR count). The summed E-state index contributed by atoms with van der Waals surface area (Å²) >= 11 is 0. The quantitative estimate of drug-likeness (QED) is 0.526. The molecule has 1 unspecified atom stereocenters. The van der Waals surface area contributed by atoms with Gasteiger partial charge in [0.2, 0.25) is 5.91 Å². The molecule has 0 saturated carbocycles. The van der Waals surface area contributed by atoms with Crippen LogP contribution >= 0.6 is 0 Å². The third-order valence-electron chi connectivity index (χ3n) is 1.67. The second kappa shape index (κ2) is 6.60. The molecule has 0 aromatic rings. The first-order valence-electron chi connectivity index (χ1n) is 5.09. The summed E-state index contributed by atoms with van der Waals surface area (Å²) < 4.78 is 5.54. The fraction of sp³-hybridized carbons (Fsp3) is 0.727. The van der Waals surface area contributed by atoms with Crippen LogP contribution in [0.25, 0.3) is 0 Å². The van der Waals surface area contributed by atoms with Crippen molar-refractivity contribution < 1.29 is 9.53 Å². The van der Waals surface area contributed by atoms with E-state index >= 15 is 0 Å². The lowest BCUT2D eigenvalue weighted by Crippen LogP contribution is -2.38. The molecule has 0 fully saturated rings. The monoisotopic (exact) mass is 199 g/mol. The summed E-state index contributed by atoms with van der Waals surface area (Å²) in [5.74, 6) is -0.135. The predicted molar refractivity (Wildman–Crippen MR) is 57.9 cm³/mol. The maximum Gasteiger partial charge on any atom is 0.248 e. The molecule has 0 aliphatic rings. The highest BCUT2D eigenvalue weighted by Gasteiger charge is 2.13. The average molecular weight is 199 g/mol. The Labute approximate surface area is 86.5 Å². The molecular weight excluding hydrogens is 178 g/mol. The Kier molecular flexibility index (Phi) is 6.21. The zero-order valence-electron chi connectivity index (χ0n) is 9.59. The van der Waals surface area contributed by atoms with Gasteiger partial charge in [0.05, 0.1) is 6.10 Å². The van der Waals surface area contributed by atoms with E-state index in [2.05, 4.69) is 18.8 Å². The van der Waals surface area contributed by atoms with Gasteiger partial charge >= 0.3 is 0 Å². The van der Waals surface area contributed by atoms with Crippen molar-refractivity contribution in [1.29, 1.82) is 0 Å². The van der Waals surface area contributed by atoms with Crippen molar-refractivity contribution in [1.82, 2.24) is 5.32 Å². The third kappa shape index (κ3) is 5.75. The summed E-state index contributed by atoms with van der Waals surface area (Å²) in [4.78, 5) is 11.3. The fourth-order valence-corrected chi connectivity index (χ4v) is 1.03. The highest BCUT2D eigenvalue weighted by atomic mass is 16.5. The van der Waals surface area contributed by atoms with Crippen LogP contribution in [0.4, 0.5) is 0 Å². The normalized spacial score (nSPS) is 12.6. The van der Waals surface area contributed by atoms with E-state index in [4.69, 9.17) is 4.74 Å². The summed E-state index contributed by atoms with van der Waals surface area (Å²) in [6, 6.07) is 0. The predicted octanol–water partition coefficient (Wildman–Crippen LogP) is 2.23. The molecule has 1 N–H and O–H groups in total. The summed E-state index contributed by atoms with van der Waals surface area (Å²) in [7, 11) is 0. The van der Waals surface area contributed by atoms with E-state index < -0.39 is 0 Å². The van der Waals surface area contributed by atoms with Gasteiger partial charge in [-0.25, -0.2) is 0 Å². The second-order valence-electron chi connectivity index (χ2n) is 3.72. The minimum absolute atomic E-state index is 0.122. The van der Waals surface area contributed by atoms with Crippen molar-refractivity contribution in [3.63, 3.8) is 0 Å². The van der Waals surface area contributed by atoms with Crippen molar-refractivity contribution >= 4 is 5.91 Å². The minimum atomic E-state index is -0.191. The van der Waals surface area contributed by atoms with Gasteiger partial charge in [-0.3, -0.25) is 4.79 Å². The van der Waals surface area contributed by atoms with Gasteiger partial charge in [-0.1, -0.05) is 19.9 Å². The van der Waals surface area contributed by atoms with Crippen molar-refractivity contribution in [3.05, 3.63) is 12.2 Å². The number of carbonyl (C=O) groups is 1. The number of ether oxygens (including phenoxy) is 1. The minimum Gasteiger partial charge on any atom is -0.356 e. The molecule has 1 amide bonds. The van der Waals surface area contributed by atoms with Crippen molar-refractivity contribution in [2.45, 2.75) is 52.9 Å². The van der Waals surface area contributed by atoms with Crippen LogP contribution in [-0.2, 0) is 9.53 Å². The van der Waals surface area contributed by atoms with Crippen LogP contribution in [0.15, 0.2) is 12.2 Å². The van der Waals surface area contributed by atoms with E-state index in [-0.39, 0.29) is 18.2 Å². The Hall–Kier alpha value is -0.830. The largest absolute Gasteiger partial charge is 0.356 e. The van der Waals surface area contributed by atoms with Crippen molar-refractivity contribution in [3.8, 4) is 0 Å². The Balaban J connectivity index is 4.08. The Morgan fingerprint density at radius 1 is 1.50 bits per heavy atom. The highest BCUT2D eigenvalue weighted by molar-refractivity contribution is 5.92. The molecular formula is C11H21NO2. The molecule has 0 heterocycles. The number of hydrogen-bond acceptors (Lipinski definition) is 2. The lowest BCUT2D eigenvalue weighted by molar-refractivity contribution is -0.123. The van der Waals surface area contributed by atoms with Crippen LogP contribution in [0, 0.1) is 0 Å². The van der Waals surface area contributed by atoms with Crippen LogP contribution in [0.3, 0.4) is 0 Å². The molecule has 0 aliphatic carbocycles. The first-order chi connectivity index (χ1) is 6.47. The highest BCUT2D eigenvalue weighted by Crippen LogP contribution is 2.03. The van der Waals surface area contributed by atoms with Gasteiger partial charge in [-0.15, -0.1) is 0 Å². The average Bonchev–Trinajstić information content (AvgIpc) is 2.02. The number of rotatable bonds is 6. The van der Waals surface area contributed by atoms with E-state index in [0.29, 0.717) is 5.57 Å². The Morgan fingerprint density at radius 3 is 2.43 bits per heavy atom. The van der Waals surface area contributed by atoms with Crippen LogP contribution in [-0.4, -0.2) is 18.2 Å². The van der Waals surface area contributed by atoms with Crippen molar-refractivity contribution in [2.24, 2.45) is 0 Å². The number of hydrogen-bond donors (Lipinski definition) is 1. The molecule has 3 nitrogen and oxygen atoms in total. The maximum atomic E-state index is 11.3. The van der Waals surface area contributed by atoms with Crippen LogP contribution in [0.2, 0.25) is 0 Å². The van der Waals surface area contributed by atoms with E-state index in [1.54, 1.807) is 6.92 Å². The third-order valence-corrected chi connectivity index (χ3v) is 1.67. The summed E-state index contributed by atoms with van der Waals surface area (Å²) in [5, 5.41) is 2.79. The van der Waals surface area contributed by atoms with Gasteiger partial charge in [0, 0.05) is 5.57 Å². The summed E-state index contributed by atoms with van der Waals surface area (Å²) in [5.41, 5.74) is 0.512. The molecule has 3 heteroatoms. The first kappa shape index (κ1) is 13.2. The Morgan fingerprint density at radius 2 is 2.07 bits per heavy atom. The van der Waals surface area contributed by atoms with Gasteiger partial charge in [-0.05, 0) is 27.2 Å². The zero-order valence-corrected chi connectivity index (χ0v) is 9.59. The van der Waals surface area contributed by atoms with E-state index in [1.165, 1.54) is 0 Å². The maximum absolute atomic E-state index is 11.3. The smallest absolute Gasteiger partial charge is 0.248 e. The van der Waals surface area contributed by atoms with Gasteiger partial charge in [-0.2, -0.15) is 0 Å². The number of amides is 1. The van der Waals surface area contributed by atoms with Crippen molar-refractivity contribution in [2.75, 3.05) is 0 Å². The topological polar surface area (TPSA) is 38.3 Å². The van der Waals surface area contributed by atoms with Crippen LogP contribution in [0.5, 0.6) is 0 Å². The molecule has 14 heavy (non-hydrogen) atoms. The van der Waals surface area contributed by atoms with E-state index in [9.17, 15) is 4.79 Å². The molecule has 82 valence electrons. The molecule has 0 aliphatic heterocycles. The van der Waals surface area contributed by atoms with Gasteiger partial charge in [0.15, 0.2) is 0 Å². The van der Waals surface area contributed by atoms with Gasteiger partial charge in [0.25, 0.3) is 0 Å².